The summed E-state index contributed by atoms with van der Waals surface area (Å²) in [4.78, 5) is 14.2. The van der Waals surface area contributed by atoms with Crippen LogP contribution >= 0.6 is 0 Å². The second-order valence-corrected chi connectivity index (χ2v) is 6.41. The minimum absolute atomic E-state index is 0.0825. The van der Waals surface area contributed by atoms with Crippen molar-refractivity contribution in [1.82, 2.24) is 4.90 Å². The lowest BCUT2D eigenvalue weighted by molar-refractivity contribution is 0.0221. The van der Waals surface area contributed by atoms with Gasteiger partial charge in [-0.3, -0.25) is 0 Å². The number of methoxy groups -OCH3 is 2. The zero-order chi connectivity index (χ0) is 16.3. The van der Waals surface area contributed by atoms with Gasteiger partial charge in [0.1, 0.15) is 17.1 Å². The van der Waals surface area contributed by atoms with Gasteiger partial charge in [-0.25, -0.2) is 4.79 Å². The second-order valence-electron chi connectivity index (χ2n) is 6.41. The predicted molar refractivity (Wildman–Crippen MR) is 84.5 cm³/mol. The van der Waals surface area contributed by atoms with Gasteiger partial charge in [-0.15, -0.1) is 0 Å². The molecule has 0 aromatic heterocycles. The molecule has 1 aliphatic heterocycles. The Balaban J connectivity index is 2.33. The Morgan fingerprint density at radius 1 is 1.18 bits per heavy atom. The molecule has 1 saturated heterocycles. The van der Waals surface area contributed by atoms with Gasteiger partial charge in [-0.2, -0.15) is 0 Å². The first kappa shape index (κ1) is 16.5. The predicted octanol–water partition coefficient (Wildman–Crippen LogP) is 3.78. The normalized spacial score (nSPS) is 18.2. The van der Waals surface area contributed by atoms with Gasteiger partial charge in [0.25, 0.3) is 0 Å². The van der Waals surface area contributed by atoms with E-state index in [0.717, 1.165) is 29.9 Å². The maximum Gasteiger partial charge on any atom is 0.410 e. The lowest BCUT2D eigenvalue weighted by atomic mass is 10.0. The van der Waals surface area contributed by atoms with Crippen LogP contribution in [-0.4, -0.2) is 37.4 Å². The number of amides is 1. The highest BCUT2D eigenvalue weighted by molar-refractivity contribution is 5.70. The van der Waals surface area contributed by atoms with Crippen molar-refractivity contribution in [3.63, 3.8) is 0 Å². The van der Waals surface area contributed by atoms with Crippen molar-refractivity contribution in [2.45, 2.75) is 45.3 Å². The molecule has 5 heteroatoms. The first-order valence-corrected chi connectivity index (χ1v) is 7.58. The highest BCUT2D eigenvalue weighted by Crippen LogP contribution is 2.42. The SMILES string of the molecule is COc1cccc(OC)c1C1CCCN1C(=O)OC(C)(C)C. The van der Waals surface area contributed by atoms with Crippen molar-refractivity contribution < 1.29 is 19.0 Å². The van der Waals surface area contributed by atoms with Gasteiger partial charge in [-0.1, -0.05) is 6.07 Å². The number of likely N-dealkylation sites (tertiary alicyclic amines) is 1. The van der Waals surface area contributed by atoms with Crippen LogP contribution in [0.5, 0.6) is 11.5 Å². The molecule has 1 fully saturated rings. The fourth-order valence-electron chi connectivity index (χ4n) is 2.81. The van der Waals surface area contributed by atoms with E-state index in [9.17, 15) is 4.79 Å². The fourth-order valence-corrected chi connectivity index (χ4v) is 2.81. The van der Waals surface area contributed by atoms with Crippen LogP contribution in [0, 0.1) is 0 Å². The molecule has 0 spiro atoms. The average Bonchev–Trinajstić information content (AvgIpc) is 2.93. The molecule has 1 aromatic carbocycles. The molecule has 5 nitrogen and oxygen atoms in total. The van der Waals surface area contributed by atoms with E-state index in [1.54, 1.807) is 19.1 Å². The summed E-state index contributed by atoms with van der Waals surface area (Å²) in [6.45, 7) is 6.31. The molecule has 0 N–H and O–H groups in total. The summed E-state index contributed by atoms with van der Waals surface area (Å²) in [6, 6.07) is 5.59. The van der Waals surface area contributed by atoms with Crippen LogP contribution in [0.25, 0.3) is 0 Å². The minimum atomic E-state index is -0.505. The number of rotatable bonds is 3. The topological polar surface area (TPSA) is 48.0 Å². The standard InChI is InChI=1S/C17H25NO4/c1-17(2,3)22-16(19)18-11-7-8-12(18)15-13(20-4)9-6-10-14(15)21-5/h6,9-10,12H,7-8,11H2,1-5H3. The Morgan fingerprint density at radius 3 is 2.27 bits per heavy atom. The number of carbonyl (C=O) groups excluding carboxylic acids is 1. The zero-order valence-corrected chi connectivity index (χ0v) is 14.0. The molecular weight excluding hydrogens is 282 g/mol. The molecule has 22 heavy (non-hydrogen) atoms. The number of hydrogen-bond acceptors (Lipinski definition) is 4. The molecule has 0 saturated carbocycles. The highest BCUT2D eigenvalue weighted by atomic mass is 16.6. The Kier molecular flexibility index (Phi) is 4.84. The molecule has 2 rings (SSSR count). The van der Waals surface area contributed by atoms with Crippen LogP contribution in [0.1, 0.15) is 45.2 Å². The van der Waals surface area contributed by atoms with E-state index in [0.29, 0.717) is 6.54 Å². The first-order valence-electron chi connectivity index (χ1n) is 7.58. The number of hydrogen-bond donors (Lipinski definition) is 0. The van der Waals surface area contributed by atoms with Crippen molar-refractivity contribution in [1.29, 1.82) is 0 Å². The van der Waals surface area contributed by atoms with E-state index in [1.807, 2.05) is 39.0 Å². The summed E-state index contributed by atoms with van der Waals surface area (Å²) in [5.41, 5.74) is 0.408. The molecule has 1 aliphatic rings. The molecule has 1 aromatic rings. The fraction of sp³-hybridized carbons (Fsp3) is 0.588. The molecule has 0 aliphatic carbocycles. The molecule has 0 bridgehead atoms. The van der Waals surface area contributed by atoms with Gasteiger partial charge in [0.2, 0.25) is 0 Å². The molecule has 1 unspecified atom stereocenters. The van der Waals surface area contributed by atoms with Crippen LogP contribution in [0.2, 0.25) is 0 Å². The minimum Gasteiger partial charge on any atom is -0.496 e. The van der Waals surface area contributed by atoms with E-state index in [2.05, 4.69) is 0 Å². The monoisotopic (exact) mass is 307 g/mol. The van der Waals surface area contributed by atoms with Gasteiger partial charge < -0.3 is 19.1 Å². The van der Waals surface area contributed by atoms with Gasteiger partial charge in [0.05, 0.1) is 25.8 Å². The number of nitrogens with zero attached hydrogens (tertiary/aromatic N) is 1. The van der Waals surface area contributed by atoms with Crippen LogP contribution in [-0.2, 0) is 4.74 Å². The van der Waals surface area contributed by atoms with Gasteiger partial charge in [-0.05, 0) is 45.7 Å². The summed E-state index contributed by atoms with van der Waals surface area (Å²) < 4.78 is 16.5. The third kappa shape index (κ3) is 3.46. The molecule has 1 atom stereocenters. The van der Waals surface area contributed by atoms with E-state index < -0.39 is 5.60 Å². The van der Waals surface area contributed by atoms with E-state index in [-0.39, 0.29) is 12.1 Å². The lowest BCUT2D eigenvalue weighted by Gasteiger charge is -2.30. The van der Waals surface area contributed by atoms with Crippen LogP contribution in [0.4, 0.5) is 4.79 Å². The summed E-state index contributed by atoms with van der Waals surface area (Å²) in [5, 5.41) is 0. The van der Waals surface area contributed by atoms with Crippen LogP contribution in [0.15, 0.2) is 18.2 Å². The van der Waals surface area contributed by atoms with E-state index >= 15 is 0 Å². The summed E-state index contributed by atoms with van der Waals surface area (Å²) in [6.07, 6.45) is 1.52. The first-order chi connectivity index (χ1) is 10.4. The third-order valence-corrected chi connectivity index (χ3v) is 3.68. The molecule has 0 radical (unpaired) electrons. The van der Waals surface area contributed by atoms with E-state index in [1.165, 1.54) is 0 Å². The Hall–Kier alpha value is -1.91. The maximum atomic E-state index is 12.5. The van der Waals surface area contributed by atoms with Crippen molar-refractivity contribution >= 4 is 6.09 Å². The molecular formula is C17H25NO4. The quantitative estimate of drug-likeness (QED) is 0.852. The maximum absolute atomic E-state index is 12.5. The van der Waals surface area contributed by atoms with Crippen LogP contribution < -0.4 is 9.47 Å². The van der Waals surface area contributed by atoms with Crippen molar-refractivity contribution in [2.75, 3.05) is 20.8 Å². The molecule has 1 amide bonds. The van der Waals surface area contributed by atoms with Gasteiger partial charge >= 0.3 is 6.09 Å². The smallest absolute Gasteiger partial charge is 0.410 e. The third-order valence-electron chi connectivity index (χ3n) is 3.68. The summed E-state index contributed by atoms with van der Waals surface area (Å²) in [7, 11) is 3.26. The van der Waals surface area contributed by atoms with Crippen molar-refractivity contribution in [3.05, 3.63) is 23.8 Å². The second kappa shape index (κ2) is 6.46. The van der Waals surface area contributed by atoms with Gasteiger partial charge in [0, 0.05) is 6.54 Å². The number of carbonyl (C=O) groups is 1. The summed E-state index contributed by atoms with van der Waals surface area (Å²) >= 11 is 0. The van der Waals surface area contributed by atoms with Crippen LogP contribution in [0.3, 0.4) is 0 Å². The lowest BCUT2D eigenvalue weighted by Crippen LogP contribution is -2.36. The zero-order valence-electron chi connectivity index (χ0n) is 14.0. The Morgan fingerprint density at radius 2 is 1.77 bits per heavy atom. The van der Waals surface area contributed by atoms with Crippen molar-refractivity contribution in [3.8, 4) is 11.5 Å². The Labute approximate surface area is 132 Å². The molecule has 122 valence electrons. The highest BCUT2D eigenvalue weighted by Gasteiger charge is 2.36. The average molecular weight is 307 g/mol. The van der Waals surface area contributed by atoms with E-state index in [4.69, 9.17) is 14.2 Å². The van der Waals surface area contributed by atoms with Crippen molar-refractivity contribution in [2.24, 2.45) is 0 Å². The number of benzene rings is 1. The Bertz CT molecular complexity index is 514. The summed E-state index contributed by atoms with van der Waals surface area (Å²) in [5.74, 6) is 1.47. The largest absolute Gasteiger partial charge is 0.496 e. The van der Waals surface area contributed by atoms with Gasteiger partial charge in [0.15, 0.2) is 0 Å². The molecule has 1 heterocycles. The number of ether oxygens (including phenoxy) is 3.